The molecule has 0 aliphatic carbocycles. The van der Waals surface area contributed by atoms with Crippen molar-refractivity contribution in [2.24, 2.45) is 0 Å². The van der Waals surface area contributed by atoms with E-state index in [1.807, 2.05) is 0 Å². The summed E-state index contributed by atoms with van der Waals surface area (Å²) in [6.45, 7) is 0. The van der Waals surface area contributed by atoms with Crippen molar-refractivity contribution in [3.05, 3.63) is 60.6 Å². The number of hydrogen-bond donors (Lipinski definition) is 1. The summed E-state index contributed by atoms with van der Waals surface area (Å²) in [6.07, 6.45) is 3.28. The molecule has 0 spiro atoms. The predicted octanol–water partition coefficient (Wildman–Crippen LogP) is 2.64. The first kappa shape index (κ1) is 13.8. The lowest BCUT2D eigenvalue weighted by Crippen LogP contribution is -2.07. The van der Waals surface area contributed by atoms with Gasteiger partial charge in [0.05, 0.1) is 18.5 Å². The Hall–Kier alpha value is -3.15. The fourth-order valence-corrected chi connectivity index (χ4v) is 2.12. The molecule has 0 unspecified atom stereocenters. The van der Waals surface area contributed by atoms with E-state index in [0.717, 1.165) is 5.56 Å². The normalized spacial score (nSPS) is 10.4. The number of carboxylic acids is 1. The number of aromatic nitrogens is 3. The van der Waals surface area contributed by atoms with Crippen molar-refractivity contribution in [1.29, 1.82) is 0 Å². The Morgan fingerprint density at radius 3 is 2.41 bits per heavy atom. The first-order chi connectivity index (χ1) is 10.7. The smallest absolute Gasteiger partial charge is 0.354 e. The van der Waals surface area contributed by atoms with E-state index in [9.17, 15) is 9.90 Å². The molecule has 22 heavy (non-hydrogen) atoms. The minimum atomic E-state index is -1.04. The molecule has 1 aromatic carbocycles. The van der Waals surface area contributed by atoms with E-state index in [4.69, 9.17) is 4.74 Å². The number of aromatic carboxylic acids is 1. The molecule has 0 aliphatic heterocycles. The Morgan fingerprint density at radius 1 is 1.14 bits per heavy atom. The van der Waals surface area contributed by atoms with Crippen LogP contribution in [-0.2, 0) is 0 Å². The van der Waals surface area contributed by atoms with Gasteiger partial charge in [-0.05, 0) is 42.5 Å². The average Bonchev–Trinajstić information content (AvgIpc) is 3.01. The molecule has 0 fully saturated rings. The van der Waals surface area contributed by atoms with Gasteiger partial charge in [0.25, 0.3) is 0 Å². The molecule has 0 radical (unpaired) electrons. The summed E-state index contributed by atoms with van der Waals surface area (Å²) >= 11 is 0. The van der Waals surface area contributed by atoms with E-state index in [2.05, 4.69) is 10.1 Å². The minimum absolute atomic E-state index is 0.0944. The van der Waals surface area contributed by atoms with E-state index in [1.165, 1.54) is 4.68 Å². The van der Waals surface area contributed by atoms with Crippen LogP contribution in [0.5, 0.6) is 5.75 Å². The van der Waals surface area contributed by atoms with Crippen molar-refractivity contribution in [1.82, 2.24) is 14.8 Å². The molecule has 6 heteroatoms. The SMILES string of the molecule is COc1ccc(-n2nc(-c3ccncc3)cc2C(=O)O)cc1. The molecule has 3 aromatic rings. The highest BCUT2D eigenvalue weighted by molar-refractivity contribution is 5.88. The number of rotatable bonds is 4. The van der Waals surface area contributed by atoms with Gasteiger partial charge in [-0.3, -0.25) is 4.98 Å². The fraction of sp³-hybridized carbons (Fsp3) is 0.0625. The van der Waals surface area contributed by atoms with E-state index in [1.54, 1.807) is 62.0 Å². The molecule has 0 amide bonds. The van der Waals surface area contributed by atoms with Crippen molar-refractivity contribution in [2.75, 3.05) is 7.11 Å². The highest BCUT2D eigenvalue weighted by Crippen LogP contribution is 2.22. The van der Waals surface area contributed by atoms with Crippen molar-refractivity contribution in [2.45, 2.75) is 0 Å². The standard InChI is InChI=1S/C16H13N3O3/c1-22-13-4-2-12(3-5-13)19-15(16(20)21)10-14(18-19)11-6-8-17-9-7-11/h2-10H,1H3,(H,20,21). The Kier molecular flexibility index (Phi) is 3.57. The van der Waals surface area contributed by atoms with E-state index >= 15 is 0 Å². The molecule has 0 aliphatic rings. The van der Waals surface area contributed by atoms with Crippen LogP contribution in [0.4, 0.5) is 0 Å². The first-order valence-electron chi connectivity index (χ1n) is 6.57. The molecule has 6 nitrogen and oxygen atoms in total. The zero-order valence-electron chi connectivity index (χ0n) is 11.8. The fourth-order valence-electron chi connectivity index (χ4n) is 2.12. The molecule has 0 saturated carbocycles. The second kappa shape index (κ2) is 5.69. The summed E-state index contributed by atoms with van der Waals surface area (Å²) in [7, 11) is 1.58. The number of carbonyl (C=O) groups is 1. The van der Waals surface area contributed by atoms with Gasteiger partial charge in [-0.25, -0.2) is 9.48 Å². The zero-order valence-corrected chi connectivity index (χ0v) is 11.8. The number of hydrogen-bond acceptors (Lipinski definition) is 4. The highest BCUT2D eigenvalue weighted by atomic mass is 16.5. The predicted molar refractivity (Wildman–Crippen MR) is 80.3 cm³/mol. The Labute approximate surface area is 126 Å². The Balaban J connectivity index is 2.09. The molecule has 0 saturated heterocycles. The second-order valence-corrected chi connectivity index (χ2v) is 4.57. The van der Waals surface area contributed by atoms with Crippen LogP contribution in [-0.4, -0.2) is 33.0 Å². The average molecular weight is 295 g/mol. The van der Waals surface area contributed by atoms with E-state index in [0.29, 0.717) is 17.1 Å². The molecule has 0 bridgehead atoms. The Bertz CT molecular complexity index is 795. The number of carboxylic acid groups (broad SMARTS) is 1. The van der Waals surface area contributed by atoms with Gasteiger partial charge < -0.3 is 9.84 Å². The van der Waals surface area contributed by atoms with Gasteiger partial charge in [-0.1, -0.05) is 0 Å². The van der Waals surface area contributed by atoms with Crippen LogP contribution in [0.1, 0.15) is 10.5 Å². The van der Waals surface area contributed by atoms with E-state index in [-0.39, 0.29) is 5.69 Å². The summed E-state index contributed by atoms with van der Waals surface area (Å²) in [5, 5.41) is 13.8. The highest BCUT2D eigenvalue weighted by Gasteiger charge is 2.16. The van der Waals surface area contributed by atoms with E-state index < -0.39 is 5.97 Å². The molecule has 110 valence electrons. The van der Waals surface area contributed by atoms with Crippen LogP contribution in [0.25, 0.3) is 16.9 Å². The van der Waals surface area contributed by atoms with Gasteiger partial charge in [-0.15, -0.1) is 0 Å². The summed E-state index contributed by atoms with van der Waals surface area (Å²) < 4.78 is 6.50. The third kappa shape index (κ3) is 2.54. The van der Waals surface area contributed by atoms with Gasteiger partial charge in [-0.2, -0.15) is 5.10 Å². The maximum atomic E-state index is 11.5. The number of methoxy groups -OCH3 is 1. The number of ether oxygens (including phenoxy) is 1. The largest absolute Gasteiger partial charge is 0.497 e. The quantitative estimate of drug-likeness (QED) is 0.800. The van der Waals surface area contributed by atoms with Crippen LogP contribution in [0.15, 0.2) is 54.9 Å². The molecule has 2 heterocycles. The first-order valence-corrected chi connectivity index (χ1v) is 6.57. The maximum absolute atomic E-state index is 11.5. The third-order valence-electron chi connectivity index (χ3n) is 3.22. The molecule has 0 atom stereocenters. The summed E-state index contributed by atoms with van der Waals surface area (Å²) in [5.41, 5.74) is 2.14. The summed E-state index contributed by atoms with van der Waals surface area (Å²) in [4.78, 5) is 15.4. The lowest BCUT2D eigenvalue weighted by atomic mass is 10.2. The monoisotopic (exact) mass is 295 g/mol. The lowest BCUT2D eigenvalue weighted by Gasteiger charge is -2.05. The van der Waals surface area contributed by atoms with Gasteiger partial charge in [0.2, 0.25) is 0 Å². The minimum Gasteiger partial charge on any atom is -0.497 e. The molecular weight excluding hydrogens is 282 g/mol. The zero-order chi connectivity index (χ0) is 15.5. The summed E-state index contributed by atoms with van der Waals surface area (Å²) in [5.74, 6) is -0.342. The van der Waals surface area contributed by atoms with Gasteiger partial charge in [0, 0.05) is 18.0 Å². The maximum Gasteiger partial charge on any atom is 0.354 e. The van der Waals surface area contributed by atoms with Gasteiger partial charge >= 0.3 is 5.97 Å². The second-order valence-electron chi connectivity index (χ2n) is 4.57. The number of pyridine rings is 1. The van der Waals surface area contributed by atoms with Gasteiger partial charge in [0.1, 0.15) is 5.75 Å². The molecule has 3 rings (SSSR count). The summed E-state index contributed by atoms with van der Waals surface area (Å²) in [6, 6.07) is 12.1. The van der Waals surface area contributed by atoms with Crippen molar-refractivity contribution in [3.8, 4) is 22.7 Å². The van der Waals surface area contributed by atoms with Crippen molar-refractivity contribution >= 4 is 5.97 Å². The number of nitrogens with zero attached hydrogens (tertiary/aromatic N) is 3. The van der Waals surface area contributed by atoms with Crippen LogP contribution in [0, 0.1) is 0 Å². The van der Waals surface area contributed by atoms with Crippen molar-refractivity contribution in [3.63, 3.8) is 0 Å². The Morgan fingerprint density at radius 2 is 1.82 bits per heavy atom. The molecule has 1 N–H and O–H groups in total. The van der Waals surface area contributed by atoms with Crippen LogP contribution in [0.3, 0.4) is 0 Å². The molecule has 2 aromatic heterocycles. The van der Waals surface area contributed by atoms with Crippen LogP contribution < -0.4 is 4.74 Å². The van der Waals surface area contributed by atoms with Crippen molar-refractivity contribution < 1.29 is 14.6 Å². The third-order valence-corrected chi connectivity index (χ3v) is 3.22. The molecular formula is C16H13N3O3. The number of benzene rings is 1. The topological polar surface area (TPSA) is 77.2 Å². The van der Waals surface area contributed by atoms with Gasteiger partial charge in [0.15, 0.2) is 5.69 Å². The lowest BCUT2D eigenvalue weighted by molar-refractivity contribution is 0.0687. The van der Waals surface area contributed by atoms with Crippen LogP contribution in [0.2, 0.25) is 0 Å². The van der Waals surface area contributed by atoms with Crippen LogP contribution >= 0.6 is 0 Å².